The van der Waals surface area contributed by atoms with E-state index in [4.69, 9.17) is 0 Å². The largest absolute Gasteiger partial charge is 0.324 e. The van der Waals surface area contributed by atoms with Crippen LogP contribution in [-0.4, -0.2) is 24.0 Å². The van der Waals surface area contributed by atoms with E-state index in [0.717, 1.165) is 12.8 Å². The molecule has 0 unspecified atom stereocenters. The third kappa shape index (κ3) is 3.24. The van der Waals surface area contributed by atoms with Gasteiger partial charge in [0.2, 0.25) is 0 Å². The van der Waals surface area contributed by atoms with Crippen LogP contribution in [0.4, 0.5) is 14.9 Å². The summed E-state index contributed by atoms with van der Waals surface area (Å²) in [5, 5.41) is 6.91. The molecule has 5 heteroatoms. The topological polar surface area (TPSA) is 32.3 Å². The number of halogens is 1. The summed E-state index contributed by atoms with van der Waals surface area (Å²) >= 11 is 1.71. The smallest absolute Gasteiger partial charge is 0.321 e. The van der Waals surface area contributed by atoms with Crippen molar-refractivity contribution in [2.45, 2.75) is 18.8 Å². The first-order chi connectivity index (χ1) is 10.2. The van der Waals surface area contributed by atoms with Gasteiger partial charge in [-0.25, -0.2) is 9.18 Å². The lowest BCUT2D eigenvalue weighted by Crippen LogP contribution is -2.40. The summed E-state index contributed by atoms with van der Waals surface area (Å²) in [6, 6.07) is 8.18. The van der Waals surface area contributed by atoms with Crippen molar-refractivity contribution in [2.75, 3.05) is 18.4 Å². The maximum absolute atomic E-state index is 13.5. The summed E-state index contributed by atoms with van der Waals surface area (Å²) < 4.78 is 13.5. The predicted molar refractivity (Wildman–Crippen MR) is 83.3 cm³/mol. The molecular weight excluding hydrogens is 287 g/mol. The van der Waals surface area contributed by atoms with E-state index < -0.39 is 5.82 Å². The Morgan fingerprint density at radius 2 is 2.00 bits per heavy atom. The summed E-state index contributed by atoms with van der Waals surface area (Å²) in [5.74, 6) is 0.132. The van der Waals surface area contributed by atoms with E-state index in [1.165, 1.54) is 11.6 Å². The molecule has 2 heterocycles. The van der Waals surface area contributed by atoms with Gasteiger partial charge in [0.1, 0.15) is 5.82 Å². The normalized spacial score (nSPS) is 16.0. The van der Waals surface area contributed by atoms with Crippen molar-refractivity contribution < 1.29 is 9.18 Å². The number of carbonyl (C=O) groups excluding carboxylic acids is 1. The summed E-state index contributed by atoms with van der Waals surface area (Å²) in [6.45, 7) is 1.42. The standard InChI is InChI=1S/C16H17FN2OS/c17-14-3-1-2-4-15(14)18-16(20)19-8-5-12(6-9-19)13-7-10-21-11-13/h1-4,7,10-12H,5-6,8-9H2,(H,18,20). The van der Waals surface area contributed by atoms with Crippen LogP contribution in [0.1, 0.15) is 24.3 Å². The molecule has 0 spiro atoms. The van der Waals surface area contributed by atoms with Gasteiger partial charge in [-0.1, -0.05) is 12.1 Å². The van der Waals surface area contributed by atoms with Crippen molar-refractivity contribution in [3.8, 4) is 0 Å². The van der Waals surface area contributed by atoms with Crippen LogP contribution < -0.4 is 5.32 Å². The van der Waals surface area contributed by atoms with E-state index in [1.807, 2.05) is 0 Å². The maximum atomic E-state index is 13.5. The molecule has 3 rings (SSSR count). The third-order valence-corrected chi connectivity index (χ3v) is 4.61. The molecule has 1 N–H and O–H groups in total. The summed E-state index contributed by atoms with van der Waals surface area (Å²) in [5.41, 5.74) is 1.61. The zero-order valence-corrected chi connectivity index (χ0v) is 12.4. The van der Waals surface area contributed by atoms with Crippen molar-refractivity contribution >= 4 is 23.1 Å². The van der Waals surface area contributed by atoms with E-state index in [2.05, 4.69) is 22.1 Å². The zero-order valence-electron chi connectivity index (χ0n) is 11.6. The monoisotopic (exact) mass is 304 g/mol. The van der Waals surface area contributed by atoms with Crippen LogP contribution in [-0.2, 0) is 0 Å². The van der Waals surface area contributed by atoms with Gasteiger partial charge in [-0.3, -0.25) is 0 Å². The second-order valence-corrected chi connectivity index (χ2v) is 6.01. The van der Waals surface area contributed by atoms with Crippen molar-refractivity contribution in [2.24, 2.45) is 0 Å². The van der Waals surface area contributed by atoms with Crippen LogP contribution >= 0.6 is 11.3 Å². The van der Waals surface area contributed by atoms with Crippen LogP contribution in [0.3, 0.4) is 0 Å². The lowest BCUT2D eigenvalue weighted by Gasteiger charge is -2.31. The molecule has 1 fully saturated rings. The molecule has 0 atom stereocenters. The number of nitrogens with zero attached hydrogens (tertiary/aromatic N) is 1. The number of likely N-dealkylation sites (tertiary alicyclic amines) is 1. The number of carbonyl (C=O) groups is 1. The molecule has 0 saturated carbocycles. The Morgan fingerprint density at radius 1 is 1.24 bits per heavy atom. The molecule has 1 aliphatic rings. The Labute approximate surface area is 127 Å². The molecule has 1 aliphatic heterocycles. The van der Waals surface area contributed by atoms with Crippen molar-refractivity contribution in [1.29, 1.82) is 0 Å². The molecule has 0 aliphatic carbocycles. The number of amides is 2. The van der Waals surface area contributed by atoms with Gasteiger partial charge in [0.15, 0.2) is 0 Å². The van der Waals surface area contributed by atoms with E-state index in [9.17, 15) is 9.18 Å². The van der Waals surface area contributed by atoms with Gasteiger partial charge in [-0.2, -0.15) is 11.3 Å². The number of hydrogen-bond donors (Lipinski definition) is 1. The zero-order chi connectivity index (χ0) is 14.7. The minimum atomic E-state index is -0.404. The summed E-state index contributed by atoms with van der Waals surface area (Å²) in [7, 11) is 0. The molecule has 0 bridgehead atoms. The van der Waals surface area contributed by atoms with Gasteiger partial charge in [-0.15, -0.1) is 0 Å². The van der Waals surface area contributed by atoms with Gasteiger partial charge < -0.3 is 10.2 Å². The van der Waals surface area contributed by atoms with Crippen LogP contribution in [0.15, 0.2) is 41.1 Å². The van der Waals surface area contributed by atoms with Gasteiger partial charge in [0, 0.05) is 13.1 Å². The molecular formula is C16H17FN2OS. The second-order valence-electron chi connectivity index (χ2n) is 5.23. The third-order valence-electron chi connectivity index (χ3n) is 3.91. The molecule has 21 heavy (non-hydrogen) atoms. The number of nitrogens with one attached hydrogen (secondary N) is 1. The van der Waals surface area contributed by atoms with Crippen LogP contribution in [0, 0.1) is 5.82 Å². The van der Waals surface area contributed by atoms with E-state index in [1.54, 1.807) is 34.4 Å². The SMILES string of the molecule is O=C(Nc1ccccc1F)N1CCC(c2ccsc2)CC1. The number of anilines is 1. The number of thiophene rings is 1. The fourth-order valence-electron chi connectivity index (χ4n) is 2.68. The molecule has 3 nitrogen and oxygen atoms in total. The lowest BCUT2D eigenvalue weighted by atomic mass is 9.91. The molecule has 0 radical (unpaired) electrons. The fourth-order valence-corrected chi connectivity index (χ4v) is 3.42. The number of benzene rings is 1. The summed E-state index contributed by atoms with van der Waals surface area (Å²) in [4.78, 5) is 13.9. The first-order valence-corrected chi connectivity index (χ1v) is 8.01. The highest BCUT2D eigenvalue weighted by Crippen LogP contribution is 2.29. The summed E-state index contributed by atoms with van der Waals surface area (Å²) in [6.07, 6.45) is 1.92. The second kappa shape index (κ2) is 6.26. The van der Waals surface area contributed by atoms with E-state index in [-0.39, 0.29) is 11.7 Å². The van der Waals surface area contributed by atoms with Crippen molar-refractivity contribution in [1.82, 2.24) is 4.90 Å². The van der Waals surface area contributed by atoms with Gasteiger partial charge in [-0.05, 0) is 53.3 Å². The minimum Gasteiger partial charge on any atom is -0.324 e. The highest BCUT2D eigenvalue weighted by atomic mass is 32.1. The molecule has 1 aromatic heterocycles. The minimum absolute atomic E-state index is 0.219. The molecule has 110 valence electrons. The van der Waals surface area contributed by atoms with Gasteiger partial charge >= 0.3 is 6.03 Å². The number of hydrogen-bond acceptors (Lipinski definition) is 2. The van der Waals surface area contributed by atoms with Crippen molar-refractivity contribution in [3.05, 3.63) is 52.5 Å². The van der Waals surface area contributed by atoms with Crippen LogP contribution in [0.2, 0.25) is 0 Å². The molecule has 1 aromatic carbocycles. The lowest BCUT2D eigenvalue weighted by molar-refractivity contribution is 0.194. The average molecular weight is 304 g/mol. The van der Waals surface area contributed by atoms with Crippen molar-refractivity contribution in [3.63, 3.8) is 0 Å². The Morgan fingerprint density at radius 3 is 2.67 bits per heavy atom. The Hall–Kier alpha value is -1.88. The van der Waals surface area contributed by atoms with E-state index >= 15 is 0 Å². The molecule has 2 aromatic rings. The quantitative estimate of drug-likeness (QED) is 0.881. The highest BCUT2D eigenvalue weighted by Gasteiger charge is 2.24. The van der Waals surface area contributed by atoms with Gasteiger partial charge in [0.05, 0.1) is 5.69 Å². The van der Waals surface area contributed by atoms with Crippen LogP contribution in [0.5, 0.6) is 0 Å². The number of urea groups is 1. The molecule has 2 amide bonds. The Kier molecular flexibility index (Phi) is 4.20. The average Bonchev–Trinajstić information content (AvgIpc) is 3.04. The number of piperidine rings is 1. The highest BCUT2D eigenvalue weighted by molar-refractivity contribution is 7.07. The first-order valence-electron chi connectivity index (χ1n) is 7.06. The first kappa shape index (κ1) is 14.1. The van der Waals surface area contributed by atoms with E-state index in [0.29, 0.717) is 19.0 Å². The molecule has 1 saturated heterocycles. The fraction of sp³-hybridized carbons (Fsp3) is 0.312. The van der Waals surface area contributed by atoms with Gasteiger partial charge in [0.25, 0.3) is 0 Å². The number of rotatable bonds is 2. The Balaban J connectivity index is 1.57. The Bertz CT molecular complexity index is 606. The predicted octanol–water partition coefficient (Wildman–Crippen LogP) is 4.30. The maximum Gasteiger partial charge on any atom is 0.321 e. The van der Waals surface area contributed by atoms with Crippen LogP contribution in [0.25, 0.3) is 0 Å². The number of para-hydroxylation sites is 1.